The van der Waals surface area contributed by atoms with E-state index in [-0.39, 0.29) is 0 Å². The molecule has 3 aromatic carbocycles. The van der Waals surface area contributed by atoms with Crippen molar-refractivity contribution in [3.63, 3.8) is 0 Å². The van der Waals surface area contributed by atoms with E-state index in [4.69, 9.17) is 1.37 Å². The summed E-state index contributed by atoms with van der Waals surface area (Å²) < 4.78 is 10.9. The number of pyridine rings is 1. The van der Waals surface area contributed by atoms with Gasteiger partial charge >= 0.3 is 0 Å². The first-order valence-electron chi connectivity index (χ1n) is 9.98. The second-order valence-electron chi connectivity index (χ2n) is 7.29. The summed E-state index contributed by atoms with van der Waals surface area (Å²) in [5.41, 5.74) is 5.48. The average molecular weight is 381 g/mol. The van der Waals surface area contributed by atoms with Crippen molar-refractivity contribution < 1.29 is 1.37 Å². The topological polar surface area (TPSA) is 12.9 Å². The quantitative estimate of drug-likeness (QED) is 0.310. The Morgan fingerprint density at radius 3 is 2.50 bits per heavy atom. The van der Waals surface area contributed by atoms with Crippen molar-refractivity contribution >= 4 is 31.5 Å². The van der Waals surface area contributed by atoms with E-state index >= 15 is 0 Å². The number of hydrogen-bond acceptors (Lipinski definition) is 2. The van der Waals surface area contributed by atoms with Crippen molar-refractivity contribution in [2.75, 3.05) is 0 Å². The summed E-state index contributed by atoms with van der Waals surface area (Å²) in [5, 5.41) is 2.57. The second kappa shape index (κ2) is 6.88. The van der Waals surface area contributed by atoms with Gasteiger partial charge in [-0.3, -0.25) is 4.98 Å². The number of benzene rings is 3. The standard InChI is InChI=1S/C26H21NS/c1-17(2)19-13-14-27-23(16-19)20-11-12-24-22(15-20)26-21(9-6-10-25(26)28-24)18-7-4-3-5-8-18/h3-17H,1-2H3/i17D. The lowest BCUT2D eigenvalue weighted by Gasteiger charge is -2.08. The lowest BCUT2D eigenvalue weighted by Crippen LogP contribution is -1.90. The molecule has 2 aromatic heterocycles. The predicted molar refractivity (Wildman–Crippen MR) is 122 cm³/mol. The molecule has 0 bridgehead atoms. The van der Waals surface area contributed by atoms with Crippen LogP contribution in [0.3, 0.4) is 0 Å². The van der Waals surface area contributed by atoms with Crippen LogP contribution in [0.1, 0.15) is 26.7 Å². The molecule has 2 heteroatoms. The summed E-state index contributed by atoms with van der Waals surface area (Å²) in [6.07, 6.45) is 1.81. The van der Waals surface area contributed by atoms with Gasteiger partial charge in [0, 0.05) is 33.3 Å². The zero-order valence-corrected chi connectivity index (χ0v) is 16.8. The minimum Gasteiger partial charge on any atom is -0.256 e. The van der Waals surface area contributed by atoms with Gasteiger partial charge in [0.2, 0.25) is 0 Å². The van der Waals surface area contributed by atoms with Gasteiger partial charge in [0.15, 0.2) is 0 Å². The van der Waals surface area contributed by atoms with Crippen LogP contribution in [0.15, 0.2) is 85.1 Å². The Labute approximate surface area is 170 Å². The van der Waals surface area contributed by atoms with E-state index in [1.54, 1.807) is 0 Å². The van der Waals surface area contributed by atoms with Gasteiger partial charge in [-0.05, 0) is 52.9 Å². The predicted octanol–water partition coefficient (Wildman–Crippen LogP) is 7.91. The fourth-order valence-corrected chi connectivity index (χ4v) is 4.86. The number of nitrogens with zero attached hydrogens (tertiary/aromatic N) is 1. The Morgan fingerprint density at radius 2 is 1.68 bits per heavy atom. The maximum Gasteiger partial charge on any atom is 0.0705 e. The van der Waals surface area contributed by atoms with Crippen molar-refractivity contribution in [1.82, 2.24) is 4.98 Å². The number of rotatable bonds is 3. The Morgan fingerprint density at radius 1 is 0.821 bits per heavy atom. The first-order chi connectivity index (χ1) is 14.0. The third-order valence-corrected chi connectivity index (χ3v) is 6.35. The van der Waals surface area contributed by atoms with Gasteiger partial charge in [0.25, 0.3) is 0 Å². The number of thiophene rings is 1. The van der Waals surface area contributed by atoms with Gasteiger partial charge in [-0.25, -0.2) is 0 Å². The summed E-state index contributed by atoms with van der Waals surface area (Å²) >= 11 is 1.83. The molecule has 0 aliphatic heterocycles. The molecule has 2 heterocycles. The molecular formula is C26H21NS. The molecule has 0 saturated carbocycles. The van der Waals surface area contributed by atoms with Crippen LogP contribution in [0.5, 0.6) is 0 Å². The highest BCUT2D eigenvalue weighted by atomic mass is 32.1. The molecule has 1 nitrogen and oxygen atoms in total. The largest absolute Gasteiger partial charge is 0.256 e. The minimum atomic E-state index is -0.642. The van der Waals surface area contributed by atoms with Gasteiger partial charge < -0.3 is 0 Å². The van der Waals surface area contributed by atoms with E-state index in [9.17, 15) is 0 Å². The highest BCUT2D eigenvalue weighted by molar-refractivity contribution is 7.25. The third-order valence-electron chi connectivity index (χ3n) is 5.21. The van der Waals surface area contributed by atoms with E-state index < -0.39 is 5.89 Å². The van der Waals surface area contributed by atoms with E-state index in [1.807, 2.05) is 43.5 Å². The van der Waals surface area contributed by atoms with Crippen LogP contribution >= 0.6 is 11.3 Å². The minimum absolute atomic E-state index is 0.642. The van der Waals surface area contributed by atoms with Crippen LogP contribution in [-0.2, 0) is 0 Å². The third kappa shape index (κ3) is 2.90. The zero-order valence-electron chi connectivity index (χ0n) is 16.9. The Hall–Kier alpha value is -2.97. The summed E-state index contributed by atoms with van der Waals surface area (Å²) in [7, 11) is 0. The maximum absolute atomic E-state index is 8.34. The van der Waals surface area contributed by atoms with Crippen LogP contribution in [0.25, 0.3) is 42.6 Å². The first-order valence-corrected chi connectivity index (χ1v) is 10.3. The molecule has 0 saturated heterocycles. The van der Waals surface area contributed by atoms with Gasteiger partial charge in [0.05, 0.1) is 5.69 Å². The van der Waals surface area contributed by atoms with Crippen molar-refractivity contribution in [2.24, 2.45) is 0 Å². The second-order valence-corrected chi connectivity index (χ2v) is 8.37. The van der Waals surface area contributed by atoms with E-state index in [2.05, 4.69) is 71.7 Å². The molecule has 0 atom stereocenters. The van der Waals surface area contributed by atoms with Crippen LogP contribution in [0, 0.1) is 0 Å². The molecule has 5 aromatic rings. The zero-order chi connectivity index (χ0) is 20.0. The van der Waals surface area contributed by atoms with Crippen molar-refractivity contribution in [3.05, 3.63) is 90.6 Å². The molecule has 0 unspecified atom stereocenters. The lowest BCUT2D eigenvalue weighted by molar-refractivity contribution is 0.864. The van der Waals surface area contributed by atoms with E-state index in [0.717, 1.165) is 16.8 Å². The van der Waals surface area contributed by atoms with E-state index in [0.29, 0.717) is 0 Å². The molecule has 0 amide bonds. The van der Waals surface area contributed by atoms with Crippen molar-refractivity contribution in [3.8, 4) is 22.4 Å². The smallest absolute Gasteiger partial charge is 0.0705 e. The molecular weight excluding hydrogens is 358 g/mol. The van der Waals surface area contributed by atoms with E-state index in [1.165, 1.54) is 31.3 Å². The summed E-state index contributed by atoms with van der Waals surface area (Å²) in [5.74, 6) is -0.642. The molecule has 0 N–H and O–H groups in total. The van der Waals surface area contributed by atoms with Crippen LogP contribution in [0.2, 0.25) is 0 Å². The first kappa shape index (κ1) is 16.0. The molecule has 136 valence electrons. The summed E-state index contributed by atoms with van der Waals surface area (Å²) in [6.45, 7) is 3.82. The number of hydrogen-bond donors (Lipinski definition) is 0. The molecule has 0 fully saturated rings. The fraction of sp³-hybridized carbons (Fsp3) is 0.115. The lowest BCUT2D eigenvalue weighted by atomic mass is 9.97. The summed E-state index contributed by atoms with van der Waals surface area (Å²) in [6, 6.07) is 27.7. The van der Waals surface area contributed by atoms with Crippen molar-refractivity contribution in [1.29, 1.82) is 0 Å². The van der Waals surface area contributed by atoms with Crippen LogP contribution in [0.4, 0.5) is 0 Å². The Kier molecular flexibility index (Phi) is 3.94. The van der Waals surface area contributed by atoms with Gasteiger partial charge in [-0.2, -0.15) is 0 Å². The SMILES string of the molecule is [2H]C(C)(C)c1ccnc(-c2ccc3sc4cccc(-c5ccccc5)c4c3c2)c1. The number of fused-ring (bicyclic) bond motifs is 3. The average Bonchev–Trinajstić information content (AvgIpc) is 3.12. The maximum atomic E-state index is 8.34. The molecule has 0 radical (unpaired) electrons. The fourth-order valence-electron chi connectivity index (χ4n) is 3.74. The van der Waals surface area contributed by atoms with Gasteiger partial charge in [-0.15, -0.1) is 11.3 Å². The molecule has 0 spiro atoms. The Balaban J connectivity index is 1.74. The van der Waals surface area contributed by atoms with Crippen LogP contribution < -0.4 is 0 Å². The molecule has 0 aliphatic rings. The molecule has 28 heavy (non-hydrogen) atoms. The summed E-state index contributed by atoms with van der Waals surface area (Å²) in [4.78, 5) is 4.60. The molecule has 5 rings (SSSR count). The normalized spacial score (nSPS) is 12.4. The van der Waals surface area contributed by atoms with Crippen LogP contribution in [-0.4, -0.2) is 4.98 Å². The highest BCUT2D eigenvalue weighted by Gasteiger charge is 2.12. The molecule has 0 aliphatic carbocycles. The monoisotopic (exact) mass is 380 g/mol. The van der Waals surface area contributed by atoms with Crippen molar-refractivity contribution in [2.45, 2.75) is 19.7 Å². The Bertz CT molecular complexity index is 1330. The van der Waals surface area contributed by atoms with Gasteiger partial charge in [-0.1, -0.05) is 62.4 Å². The highest BCUT2D eigenvalue weighted by Crippen LogP contribution is 2.41. The van der Waals surface area contributed by atoms with Gasteiger partial charge in [0.1, 0.15) is 0 Å². The number of aromatic nitrogens is 1.